The predicted octanol–water partition coefficient (Wildman–Crippen LogP) is 1.72. The summed E-state index contributed by atoms with van der Waals surface area (Å²) in [5.74, 6) is -0.750. The van der Waals surface area contributed by atoms with Crippen LogP contribution >= 0.6 is 15.9 Å². The third-order valence-corrected chi connectivity index (χ3v) is 3.01. The van der Waals surface area contributed by atoms with Gasteiger partial charge in [-0.15, -0.1) is 0 Å². The number of carbonyl (C=O) groups excluding carboxylic acids is 1. The lowest BCUT2D eigenvalue weighted by atomic mass is 10.1. The van der Waals surface area contributed by atoms with Gasteiger partial charge in [-0.25, -0.2) is 4.39 Å². The van der Waals surface area contributed by atoms with Gasteiger partial charge >= 0.3 is 0 Å². The molecule has 1 atom stereocenters. The van der Waals surface area contributed by atoms with Crippen molar-refractivity contribution >= 4 is 21.8 Å². The highest BCUT2D eigenvalue weighted by Crippen LogP contribution is 2.18. The summed E-state index contributed by atoms with van der Waals surface area (Å²) in [5.41, 5.74) is 0.343. The van der Waals surface area contributed by atoms with Crippen LogP contribution in [0.4, 0.5) is 4.39 Å². The van der Waals surface area contributed by atoms with Gasteiger partial charge in [-0.1, -0.05) is 0 Å². The van der Waals surface area contributed by atoms with Crippen LogP contribution in [0.1, 0.15) is 16.8 Å². The lowest BCUT2D eigenvalue weighted by Gasteiger charge is -2.17. The number of hydrogen-bond acceptors (Lipinski definition) is 3. The number of nitrogens with one attached hydrogen (secondary N) is 1. The zero-order valence-corrected chi connectivity index (χ0v) is 11.5. The van der Waals surface area contributed by atoms with Crippen molar-refractivity contribution in [2.45, 2.75) is 12.5 Å². The minimum atomic E-state index is -0.415. The number of methoxy groups -OCH3 is 1. The van der Waals surface area contributed by atoms with Crippen molar-refractivity contribution in [1.82, 2.24) is 5.32 Å². The van der Waals surface area contributed by atoms with E-state index in [-0.39, 0.29) is 18.6 Å². The summed E-state index contributed by atoms with van der Waals surface area (Å²) in [4.78, 5) is 11.9. The number of rotatable bonds is 6. The average Bonchev–Trinajstić information content (AvgIpc) is 2.29. The summed E-state index contributed by atoms with van der Waals surface area (Å²) in [5, 5.41) is 11.6. The number of ether oxygens (including phenoxy) is 1. The van der Waals surface area contributed by atoms with E-state index < -0.39 is 5.82 Å². The van der Waals surface area contributed by atoms with E-state index in [1.165, 1.54) is 25.3 Å². The largest absolute Gasteiger partial charge is 0.396 e. The van der Waals surface area contributed by atoms with Crippen LogP contribution < -0.4 is 5.32 Å². The fourth-order valence-corrected chi connectivity index (χ4v) is 2.02. The van der Waals surface area contributed by atoms with E-state index in [0.717, 1.165) is 0 Å². The quantitative estimate of drug-likeness (QED) is 0.839. The summed E-state index contributed by atoms with van der Waals surface area (Å²) < 4.78 is 18.2. The van der Waals surface area contributed by atoms with Crippen LogP contribution in [-0.2, 0) is 4.74 Å². The van der Waals surface area contributed by atoms with Crippen molar-refractivity contribution in [2.75, 3.05) is 20.3 Å². The number of amides is 1. The standard InChI is InChI=1S/C12H15BrFNO3/c1-18-7-9(4-5-16)15-12(17)10-3-2-8(14)6-11(10)13/h2-3,6,9,16H,4-5,7H2,1H3,(H,15,17). The third kappa shape index (κ3) is 4.36. The van der Waals surface area contributed by atoms with Crippen LogP contribution in [0, 0.1) is 5.82 Å². The number of benzene rings is 1. The van der Waals surface area contributed by atoms with Crippen LogP contribution in [0.15, 0.2) is 22.7 Å². The van der Waals surface area contributed by atoms with E-state index in [1.54, 1.807) is 0 Å². The molecule has 100 valence electrons. The van der Waals surface area contributed by atoms with Gasteiger partial charge in [0.05, 0.1) is 18.2 Å². The molecule has 0 spiro atoms. The molecule has 0 aromatic heterocycles. The highest BCUT2D eigenvalue weighted by molar-refractivity contribution is 9.10. The van der Waals surface area contributed by atoms with Gasteiger partial charge in [0.1, 0.15) is 5.82 Å². The Labute approximate surface area is 113 Å². The average molecular weight is 320 g/mol. The molecule has 0 bridgehead atoms. The number of aliphatic hydroxyl groups excluding tert-OH is 1. The molecule has 0 heterocycles. The van der Waals surface area contributed by atoms with Gasteiger partial charge in [-0.2, -0.15) is 0 Å². The third-order valence-electron chi connectivity index (χ3n) is 2.36. The van der Waals surface area contributed by atoms with Gasteiger partial charge in [0.2, 0.25) is 0 Å². The van der Waals surface area contributed by atoms with Gasteiger partial charge in [0.25, 0.3) is 5.91 Å². The van der Waals surface area contributed by atoms with E-state index >= 15 is 0 Å². The topological polar surface area (TPSA) is 58.6 Å². The van der Waals surface area contributed by atoms with Crippen LogP contribution in [0.2, 0.25) is 0 Å². The smallest absolute Gasteiger partial charge is 0.252 e. The summed E-state index contributed by atoms with van der Waals surface area (Å²) in [7, 11) is 1.52. The molecule has 1 unspecified atom stereocenters. The predicted molar refractivity (Wildman–Crippen MR) is 68.9 cm³/mol. The van der Waals surface area contributed by atoms with Crippen LogP contribution in [0.5, 0.6) is 0 Å². The summed E-state index contributed by atoms with van der Waals surface area (Å²) in [6.45, 7) is 0.268. The number of aliphatic hydroxyl groups is 1. The molecule has 2 N–H and O–H groups in total. The first-order chi connectivity index (χ1) is 8.58. The monoisotopic (exact) mass is 319 g/mol. The van der Waals surface area contributed by atoms with Crippen molar-refractivity contribution in [2.24, 2.45) is 0 Å². The van der Waals surface area contributed by atoms with Crippen LogP contribution in [-0.4, -0.2) is 37.4 Å². The zero-order chi connectivity index (χ0) is 13.5. The van der Waals surface area contributed by atoms with E-state index in [1.807, 2.05) is 0 Å². The second kappa shape index (κ2) is 7.45. The Morgan fingerprint density at radius 2 is 2.33 bits per heavy atom. The van der Waals surface area contributed by atoms with Crippen molar-refractivity contribution in [3.05, 3.63) is 34.1 Å². The maximum atomic E-state index is 12.9. The normalized spacial score (nSPS) is 12.2. The maximum absolute atomic E-state index is 12.9. The zero-order valence-electron chi connectivity index (χ0n) is 9.95. The first-order valence-electron chi connectivity index (χ1n) is 5.44. The summed E-state index contributed by atoms with van der Waals surface area (Å²) in [6, 6.07) is 3.57. The van der Waals surface area contributed by atoms with Crippen LogP contribution in [0.25, 0.3) is 0 Å². The lowest BCUT2D eigenvalue weighted by Crippen LogP contribution is -2.38. The summed E-state index contributed by atoms with van der Waals surface area (Å²) >= 11 is 3.13. The first kappa shape index (κ1) is 15.1. The van der Waals surface area contributed by atoms with E-state index in [2.05, 4.69) is 21.2 Å². The number of carbonyl (C=O) groups is 1. The molecule has 1 aromatic carbocycles. The molecule has 0 aliphatic carbocycles. The van der Waals surface area contributed by atoms with Gasteiger partial charge in [0, 0.05) is 18.2 Å². The Balaban J connectivity index is 2.73. The van der Waals surface area contributed by atoms with Crippen molar-refractivity contribution < 1.29 is 19.0 Å². The molecule has 0 aliphatic heterocycles. The van der Waals surface area contributed by atoms with Gasteiger partial charge in [-0.05, 0) is 40.5 Å². The van der Waals surface area contributed by atoms with E-state index in [4.69, 9.17) is 9.84 Å². The molecule has 0 saturated heterocycles. The Morgan fingerprint density at radius 3 is 2.89 bits per heavy atom. The molecule has 4 nitrogen and oxygen atoms in total. The second-order valence-electron chi connectivity index (χ2n) is 3.76. The Kier molecular flexibility index (Phi) is 6.24. The first-order valence-corrected chi connectivity index (χ1v) is 6.23. The van der Waals surface area contributed by atoms with Gasteiger partial charge < -0.3 is 15.2 Å². The minimum Gasteiger partial charge on any atom is -0.396 e. The van der Waals surface area contributed by atoms with Crippen molar-refractivity contribution in [1.29, 1.82) is 0 Å². The molecule has 18 heavy (non-hydrogen) atoms. The number of hydrogen-bond donors (Lipinski definition) is 2. The second-order valence-corrected chi connectivity index (χ2v) is 4.62. The molecule has 1 aromatic rings. The molecule has 1 amide bonds. The Bertz CT molecular complexity index is 408. The van der Waals surface area contributed by atoms with E-state index in [9.17, 15) is 9.18 Å². The van der Waals surface area contributed by atoms with Crippen molar-refractivity contribution in [3.8, 4) is 0 Å². The fraction of sp³-hybridized carbons (Fsp3) is 0.417. The van der Waals surface area contributed by atoms with E-state index in [0.29, 0.717) is 23.1 Å². The lowest BCUT2D eigenvalue weighted by molar-refractivity contribution is 0.0878. The molecule has 0 saturated carbocycles. The fourth-order valence-electron chi connectivity index (χ4n) is 1.49. The van der Waals surface area contributed by atoms with Crippen LogP contribution in [0.3, 0.4) is 0 Å². The highest BCUT2D eigenvalue weighted by atomic mass is 79.9. The Morgan fingerprint density at radius 1 is 1.61 bits per heavy atom. The molecule has 0 radical (unpaired) electrons. The summed E-state index contributed by atoms with van der Waals surface area (Å²) in [6.07, 6.45) is 0.401. The molecule has 6 heteroatoms. The molecule has 0 fully saturated rings. The van der Waals surface area contributed by atoms with Gasteiger partial charge in [-0.3, -0.25) is 4.79 Å². The molecule has 1 rings (SSSR count). The molecular formula is C12H15BrFNO3. The Hall–Kier alpha value is -0.980. The van der Waals surface area contributed by atoms with Gasteiger partial charge in [0.15, 0.2) is 0 Å². The molecular weight excluding hydrogens is 305 g/mol. The minimum absolute atomic E-state index is 0.0428. The van der Waals surface area contributed by atoms with Crippen molar-refractivity contribution in [3.63, 3.8) is 0 Å². The maximum Gasteiger partial charge on any atom is 0.252 e. The number of halogens is 2. The SMILES string of the molecule is COCC(CCO)NC(=O)c1ccc(F)cc1Br. The molecule has 0 aliphatic rings. The highest BCUT2D eigenvalue weighted by Gasteiger charge is 2.15.